The van der Waals surface area contributed by atoms with Crippen LogP contribution in [0, 0.1) is 10.7 Å². The van der Waals surface area contributed by atoms with Gasteiger partial charge in [0.15, 0.2) is 5.78 Å². The third-order valence-corrected chi connectivity index (χ3v) is 5.64. The fraction of sp³-hybridized carbons (Fsp3) is 0.286. The maximum atomic E-state index is 14.4. The molecule has 4 rings (SSSR count). The molecule has 0 aliphatic carbocycles. The number of piperazine rings is 1. The standard InChI is InChI=1S/C21H20ClFN4O2S/c1-14(28)16-4-7-19(18(23)12-16)26-10-8-25(9-11-26)13-27-21(30)29-20(24-27)15-2-5-17(22)6-3-15/h2-7,12H,8-11,13H2,1H3. The number of Topliss-reactive ketones (excluding diaryl/α,β-unsaturated/α-hetero) is 1. The van der Waals surface area contributed by atoms with Crippen molar-refractivity contribution in [1.82, 2.24) is 14.7 Å². The zero-order valence-corrected chi connectivity index (χ0v) is 17.9. The molecule has 0 bridgehead atoms. The SMILES string of the molecule is CC(=O)c1ccc(N2CCN(Cn3nc(-c4ccc(Cl)cc4)oc3=S)CC2)c(F)c1. The summed E-state index contributed by atoms with van der Waals surface area (Å²) >= 11 is 11.2. The Morgan fingerprint density at radius 1 is 1.17 bits per heavy atom. The Morgan fingerprint density at radius 3 is 2.50 bits per heavy atom. The highest BCUT2D eigenvalue weighted by Crippen LogP contribution is 2.23. The molecule has 0 N–H and O–H groups in total. The molecule has 1 fully saturated rings. The van der Waals surface area contributed by atoms with Crippen LogP contribution >= 0.6 is 23.8 Å². The summed E-state index contributed by atoms with van der Waals surface area (Å²) < 4.78 is 21.7. The van der Waals surface area contributed by atoms with E-state index in [1.54, 1.807) is 28.9 Å². The second-order valence-electron chi connectivity index (χ2n) is 7.15. The molecule has 0 radical (unpaired) electrons. The first kappa shape index (κ1) is 20.7. The number of carbonyl (C=O) groups is 1. The average Bonchev–Trinajstić information content (AvgIpc) is 3.09. The second-order valence-corrected chi connectivity index (χ2v) is 7.93. The van der Waals surface area contributed by atoms with Gasteiger partial charge in [0.25, 0.3) is 4.84 Å². The molecule has 2 heterocycles. The van der Waals surface area contributed by atoms with Crippen LogP contribution in [0.3, 0.4) is 0 Å². The summed E-state index contributed by atoms with van der Waals surface area (Å²) in [6.45, 7) is 4.69. The van der Waals surface area contributed by atoms with Crippen molar-refractivity contribution >= 4 is 35.3 Å². The number of anilines is 1. The molecule has 1 aliphatic heterocycles. The van der Waals surface area contributed by atoms with Crippen molar-refractivity contribution in [2.45, 2.75) is 13.6 Å². The zero-order chi connectivity index (χ0) is 21.3. The fourth-order valence-corrected chi connectivity index (χ4v) is 3.71. The van der Waals surface area contributed by atoms with Crippen molar-refractivity contribution in [3.63, 3.8) is 0 Å². The number of nitrogens with zero attached hydrogens (tertiary/aromatic N) is 4. The number of benzene rings is 2. The molecule has 9 heteroatoms. The highest BCUT2D eigenvalue weighted by atomic mass is 35.5. The molecule has 1 aromatic heterocycles. The monoisotopic (exact) mass is 446 g/mol. The Morgan fingerprint density at radius 2 is 1.87 bits per heavy atom. The smallest absolute Gasteiger partial charge is 0.288 e. The Hall–Kier alpha value is -2.55. The van der Waals surface area contributed by atoms with Gasteiger partial charge < -0.3 is 9.32 Å². The maximum absolute atomic E-state index is 14.4. The number of hydrogen-bond acceptors (Lipinski definition) is 6. The van der Waals surface area contributed by atoms with Gasteiger partial charge in [-0.1, -0.05) is 11.6 Å². The lowest BCUT2D eigenvalue weighted by Gasteiger charge is -2.35. The Bertz CT molecular complexity index is 1120. The lowest BCUT2D eigenvalue weighted by molar-refractivity contribution is 0.101. The van der Waals surface area contributed by atoms with Gasteiger partial charge in [-0.25, -0.2) is 9.07 Å². The first-order chi connectivity index (χ1) is 14.4. The van der Waals surface area contributed by atoms with Crippen LogP contribution in [-0.4, -0.2) is 46.6 Å². The van der Waals surface area contributed by atoms with Gasteiger partial charge >= 0.3 is 0 Å². The summed E-state index contributed by atoms with van der Waals surface area (Å²) in [7, 11) is 0. The van der Waals surface area contributed by atoms with Crippen molar-refractivity contribution < 1.29 is 13.6 Å². The van der Waals surface area contributed by atoms with Crippen molar-refractivity contribution in [3.8, 4) is 11.5 Å². The van der Waals surface area contributed by atoms with Crippen LogP contribution < -0.4 is 4.90 Å². The summed E-state index contributed by atoms with van der Waals surface area (Å²) in [5.41, 5.74) is 1.70. The van der Waals surface area contributed by atoms with Crippen LogP contribution in [0.25, 0.3) is 11.5 Å². The minimum Gasteiger partial charge on any atom is -0.409 e. The number of aromatic nitrogens is 2. The number of hydrogen-bond donors (Lipinski definition) is 0. The van der Waals surface area contributed by atoms with E-state index in [4.69, 9.17) is 28.2 Å². The maximum Gasteiger partial charge on any atom is 0.288 e. The summed E-state index contributed by atoms with van der Waals surface area (Å²) in [6, 6.07) is 11.9. The predicted molar refractivity (Wildman–Crippen MR) is 116 cm³/mol. The molecular formula is C21H20ClFN4O2S. The summed E-state index contributed by atoms with van der Waals surface area (Å²) in [5, 5.41) is 5.12. The fourth-order valence-electron chi connectivity index (χ4n) is 3.41. The number of ketones is 1. The molecule has 156 valence electrons. The highest BCUT2D eigenvalue weighted by molar-refractivity contribution is 7.71. The molecule has 30 heavy (non-hydrogen) atoms. The van der Waals surface area contributed by atoms with E-state index in [9.17, 15) is 9.18 Å². The first-order valence-corrected chi connectivity index (χ1v) is 10.3. The minimum absolute atomic E-state index is 0.146. The molecule has 0 saturated carbocycles. The zero-order valence-electron chi connectivity index (χ0n) is 16.3. The van der Waals surface area contributed by atoms with E-state index in [0.717, 1.165) is 18.7 Å². The number of rotatable bonds is 5. The minimum atomic E-state index is -0.373. The molecule has 1 saturated heterocycles. The van der Waals surface area contributed by atoms with Crippen LogP contribution in [-0.2, 0) is 6.67 Å². The van der Waals surface area contributed by atoms with Gasteiger partial charge in [-0.3, -0.25) is 9.69 Å². The van der Waals surface area contributed by atoms with Crippen molar-refractivity contribution in [1.29, 1.82) is 0 Å². The lowest BCUT2D eigenvalue weighted by Crippen LogP contribution is -2.47. The van der Waals surface area contributed by atoms with Gasteiger partial charge in [-0.2, -0.15) is 0 Å². The summed E-state index contributed by atoms with van der Waals surface area (Å²) in [4.78, 5) is 15.9. The number of halogens is 2. The van der Waals surface area contributed by atoms with Crippen LogP contribution in [0.1, 0.15) is 17.3 Å². The van der Waals surface area contributed by atoms with E-state index in [0.29, 0.717) is 46.8 Å². The van der Waals surface area contributed by atoms with Gasteiger partial charge in [0, 0.05) is 42.3 Å². The van der Waals surface area contributed by atoms with Gasteiger partial charge in [0.05, 0.1) is 12.4 Å². The molecule has 0 unspecified atom stereocenters. The topological polar surface area (TPSA) is 54.5 Å². The van der Waals surface area contributed by atoms with Gasteiger partial charge in [0.2, 0.25) is 5.89 Å². The Balaban J connectivity index is 1.40. The van der Waals surface area contributed by atoms with E-state index < -0.39 is 0 Å². The summed E-state index contributed by atoms with van der Waals surface area (Å²) in [5.74, 6) is -0.0713. The molecule has 3 aromatic rings. The van der Waals surface area contributed by atoms with Crippen molar-refractivity contribution in [3.05, 3.63) is 63.7 Å². The largest absolute Gasteiger partial charge is 0.409 e. The van der Waals surface area contributed by atoms with E-state index in [1.807, 2.05) is 17.0 Å². The van der Waals surface area contributed by atoms with E-state index in [1.165, 1.54) is 13.0 Å². The number of carbonyl (C=O) groups excluding carboxylic acids is 1. The summed E-state index contributed by atoms with van der Waals surface area (Å²) in [6.07, 6.45) is 0. The predicted octanol–water partition coefficient (Wildman–Crippen LogP) is 4.65. The first-order valence-electron chi connectivity index (χ1n) is 9.52. The van der Waals surface area contributed by atoms with E-state index in [-0.39, 0.29) is 11.6 Å². The molecule has 0 atom stereocenters. The molecule has 0 spiro atoms. The molecule has 2 aromatic carbocycles. The Labute approximate surface area is 183 Å². The van der Waals surface area contributed by atoms with Crippen LogP contribution in [0.4, 0.5) is 10.1 Å². The molecule has 1 aliphatic rings. The van der Waals surface area contributed by atoms with Gasteiger partial charge in [0.1, 0.15) is 5.82 Å². The third-order valence-electron chi connectivity index (χ3n) is 5.10. The lowest BCUT2D eigenvalue weighted by atomic mass is 10.1. The Kier molecular flexibility index (Phi) is 5.99. The quantitative estimate of drug-likeness (QED) is 0.420. The molecule has 6 nitrogen and oxygen atoms in total. The van der Waals surface area contributed by atoms with Crippen LogP contribution in [0.5, 0.6) is 0 Å². The van der Waals surface area contributed by atoms with Gasteiger partial charge in [-0.15, -0.1) is 5.10 Å². The van der Waals surface area contributed by atoms with Gasteiger partial charge in [-0.05, 0) is 61.6 Å². The van der Waals surface area contributed by atoms with Crippen LogP contribution in [0.15, 0.2) is 46.9 Å². The van der Waals surface area contributed by atoms with E-state index >= 15 is 0 Å². The average molecular weight is 447 g/mol. The van der Waals surface area contributed by atoms with Crippen LogP contribution in [0.2, 0.25) is 5.02 Å². The third kappa shape index (κ3) is 4.45. The van der Waals surface area contributed by atoms with Crippen molar-refractivity contribution in [2.75, 3.05) is 31.1 Å². The highest BCUT2D eigenvalue weighted by Gasteiger charge is 2.21. The molecule has 0 amide bonds. The molecular weight excluding hydrogens is 427 g/mol. The normalized spacial score (nSPS) is 14.8. The van der Waals surface area contributed by atoms with Crippen molar-refractivity contribution in [2.24, 2.45) is 0 Å². The second kappa shape index (κ2) is 8.67. The van der Waals surface area contributed by atoms with E-state index in [2.05, 4.69) is 10.00 Å².